The van der Waals surface area contributed by atoms with E-state index in [4.69, 9.17) is 5.11 Å². The van der Waals surface area contributed by atoms with Gasteiger partial charge >= 0.3 is 5.97 Å². The van der Waals surface area contributed by atoms with Gasteiger partial charge in [0.25, 0.3) is 0 Å². The summed E-state index contributed by atoms with van der Waals surface area (Å²) in [6, 6.07) is 0.354. The van der Waals surface area contributed by atoms with E-state index >= 15 is 0 Å². The van der Waals surface area contributed by atoms with Gasteiger partial charge in [-0.05, 0) is 38.6 Å². The summed E-state index contributed by atoms with van der Waals surface area (Å²) in [6.45, 7) is 7.93. The molecule has 26 heavy (non-hydrogen) atoms. The summed E-state index contributed by atoms with van der Waals surface area (Å²) >= 11 is 0. The van der Waals surface area contributed by atoms with Crippen LogP contribution in [0, 0.1) is 11.8 Å². The van der Waals surface area contributed by atoms with Gasteiger partial charge in [0.15, 0.2) is 0 Å². The number of aliphatic carboxylic acids is 1. The van der Waals surface area contributed by atoms with Crippen LogP contribution in [-0.2, 0) is 14.4 Å². The van der Waals surface area contributed by atoms with Gasteiger partial charge in [0.2, 0.25) is 11.8 Å². The van der Waals surface area contributed by atoms with Gasteiger partial charge in [-0.25, -0.2) is 0 Å². The van der Waals surface area contributed by atoms with Crippen LogP contribution in [0.1, 0.15) is 52.9 Å². The van der Waals surface area contributed by atoms with Gasteiger partial charge < -0.3 is 15.3 Å². The summed E-state index contributed by atoms with van der Waals surface area (Å²) in [5, 5.41) is 12.0. The average Bonchev–Trinajstić information content (AvgIpc) is 2.61. The fraction of sp³-hybridized carbons (Fsp3) is 0.842. The molecule has 0 spiro atoms. The second-order valence-corrected chi connectivity index (χ2v) is 7.72. The number of carbonyl (C=O) groups excluding carboxylic acids is 2. The van der Waals surface area contributed by atoms with Crippen LogP contribution in [0.3, 0.4) is 0 Å². The first-order valence-corrected chi connectivity index (χ1v) is 9.90. The fourth-order valence-corrected chi connectivity index (χ4v) is 3.87. The molecule has 0 aromatic heterocycles. The second kappa shape index (κ2) is 9.35. The van der Waals surface area contributed by atoms with E-state index in [0.717, 1.165) is 38.6 Å². The van der Waals surface area contributed by atoms with Crippen LogP contribution in [0.4, 0.5) is 0 Å². The van der Waals surface area contributed by atoms with E-state index in [-0.39, 0.29) is 42.3 Å². The molecule has 2 N–H and O–H groups in total. The lowest BCUT2D eigenvalue weighted by Gasteiger charge is -2.43. The van der Waals surface area contributed by atoms with Crippen LogP contribution >= 0.6 is 0 Å². The lowest BCUT2D eigenvalue weighted by Crippen LogP contribution is -2.56. The maximum atomic E-state index is 12.6. The Morgan fingerprint density at radius 1 is 1.27 bits per heavy atom. The van der Waals surface area contributed by atoms with Gasteiger partial charge in [-0.15, -0.1) is 0 Å². The van der Waals surface area contributed by atoms with E-state index in [1.807, 2.05) is 30.6 Å². The Bertz CT molecular complexity index is 519. The quantitative estimate of drug-likeness (QED) is 0.675. The van der Waals surface area contributed by atoms with Crippen molar-refractivity contribution in [2.45, 2.75) is 65.0 Å². The highest BCUT2D eigenvalue weighted by Crippen LogP contribution is 2.27. The summed E-state index contributed by atoms with van der Waals surface area (Å²) < 4.78 is 0. The van der Waals surface area contributed by atoms with E-state index in [1.54, 1.807) is 0 Å². The number of carbonyl (C=O) groups is 3. The smallest absolute Gasteiger partial charge is 0.317 e. The zero-order valence-corrected chi connectivity index (χ0v) is 16.2. The maximum absolute atomic E-state index is 12.6. The Kier molecular flexibility index (Phi) is 7.43. The van der Waals surface area contributed by atoms with E-state index in [2.05, 4.69) is 5.32 Å². The van der Waals surface area contributed by atoms with Gasteiger partial charge in [0.05, 0.1) is 12.5 Å². The van der Waals surface area contributed by atoms with Gasteiger partial charge in [-0.2, -0.15) is 0 Å². The topological polar surface area (TPSA) is 90.0 Å². The number of likely N-dealkylation sites (N-methyl/N-ethyl adjacent to an activating group) is 1. The third-order valence-electron chi connectivity index (χ3n) is 5.86. The molecule has 7 nitrogen and oxygen atoms in total. The predicted octanol–water partition coefficient (Wildman–Crippen LogP) is 1.32. The number of nitrogens with one attached hydrogen (secondary N) is 1. The molecule has 2 atom stereocenters. The molecule has 0 aromatic rings. The van der Waals surface area contributed by atoms with Crippen LogP contribution in [0.5, 0.6) is 0 Å². The number of hydrogen-bond donors (Lipinski definition) is 2. The number of carboxylic acid groups (broad SMARTS) is 1. The average molecular weight is 367 g/mol. The molecule has 2 fully saturated rings. The third-order valence-corrected chi connectivity index (χ3v) is 5.86. The molecule has 2 rings (SSSR count). The van der Waals surface area contributed by atoms with Crippen molar-refractivity contribution in [1.29, 1.82) is 0 Å². The lowest BCUT2D eigenvalue weighted by atomic mass is 9.84. The summed E-state index contributed by atoms with van der Waals surface area (Å²) in [5.41, 5.74) is 0. The number of hydrogen-bond acceptors (Lipinski definition) is 4. The number of likely N-dealkylation sites (tertiary alicyclic amines) is 1. The van der Waals surface area contributed by atoms with Crippen LogP contribution in [0.15, 0.2) is 0 Å². The van der Waals surface area contributed by atoms with Crippen molar-refractivity contribution >= 4 is 17.8 Å². The highest BCUT2D eigenvalue weighted by molar-refractivity contribution is 5.82. The van der Waals surface area contributed by atoms with E-state index in [0.29, 0.717) is 13.1 Å². The molecule has 2 unspecified atom stereocenters. The molecule has 7 heteroatoms. The highest BCUT2D eigenvalue weighted by Gasteiger charge is 2.37. The summed E-state index contributed by atoms with van der Waals surface area (Å²) in [6.07, 6.45) is 4.12. The van der Waals surface area contributed by atoms with Crippen LogP contribution < -0.4 is 5.32 Å². The van der Waals surface area contributed by atoms with Crippen molar-refractivity contribution in [3.05, 3.63) is 0 Å². The van der Waals surface area contributed by atoms with E-state index in [9.17, 15) is 14.4 Å². The number of carboxylic acids is 1. The van der Waals surface area contributed by atoms with Gasteiger partial charge in [-0.1, -0.05) is 20.8 Å². The van der Waals surface area contributed by atoms with E-state index in [1.165, 1.54) is 0 Å². The monoisotopic (exact) mass is 367 g/mol. The van der Waals surface area contributed by atoms with Gasteiger partial charge in [0.1, 0.15) is 0 Å². The summed E-state index contributed by atoms with van der Waals surface area (Å²) in [7, 11) is 0. The molecule has 148 valence electrons. The van der Waals surface area contributed by atoms with E-state index < -0.39 is 5.97 Å². The number of piperidine rings is 1. The molecule has 1 aliphatic carbocycles. The first-order valence-electron chi connectivity index (χ1n) is 9.90. The summed E-state index contributed by atoms with van der Waals surface area (Å²) in [4.78, 5) is 39.6. The normalized spacial score (nSPS) is 26.9. The molecule has 1 heterocycles. The molecule has 0 radical (unpaired) electrons. The zero-order chi connectivity index (χ0) is 19.3. The minimum absolute atomic E-state index is 0.0125. The van der Waals surface area contributed by atoms with Crippen molar-refractivity contribution in [1.82, 2.24) is 15.1 Å². The van der Waals surface area contributed by atoms with Crippen molar-refractivity contribution in [3.63, 3.8) is 0 Å². The Labute approximate surface area is 156 Å². The SMILES string of the molecule is CCC(C)C(=O)N1CCCC(C(=O)NC2CC(N(CC)CC(=O)O)C2)C1. The Balaban J connectivity index is 1.78. The van der Waals surface area contributed by atoms with Crippen molar-refractivity contribution in [2.24, 2.45) is 11.8 Å². The van der Waals surface area contributed by atoms with Gasteiger partial charge in [-0.3, -0.25) is 19.3 Å². The van der Waals surface area contributed by atoms with Gasteiger partial charge in [0, 0.05) is 31.1 Å². The molecule has 2 amide bonds. The molecular formula is C19H33N3O4. The molecule has 1 saturated carbocycles. The minimum Gasteiger partial charge on any atom is -0.480 e. The van der Waals surface area contributed by atoms with Crippen molar-refractivity contribution in [2.75, 3.05) is 26.2 Å². The zero-order valence-electron chi connectivity index (χ0n) is 16.2. The standard InChI is InChI=1S/C19H33N3O4/c1-4-13(3)19(26)22-8-6-7-14(11-22)18(25)20-15-9-16(10-15)21(5-2)12-17(23)24/h13-16H,4-12H2,1-3H3,(H,20,25)(H,23,24). The first kappa shape index (κ1) is 20.7. The first-order chi connectivity index (χ1) is 12.3. The van der Waals surface area contributed by atoms with Crippen LogP contribution in [0.25, 0.3) is 0 Å². The molecule has 1 saturated heterocycles. The predicted molar refractivity (Wildman–Crippen MR) is 98.6 cm³/mol. The second-order valence-electron chi connectivity index (χ2n) is 7.72. The highest BCUT2D eigenvalue weighted by atomic mass is 16.4. The minimum atomic E-state index is -0.812. The number of amides is 2. The van der Waals surface area contributed by atoms with Crippen molar-refractivity contribution < 1.29 is 19.5 Å². The van der Waals surface area contributed by atoms with Crippen LogP contribution in [-0.4, -0.2) is 71.0 Å². The lowest BCUT2D eigenvalue weighted by molar-refractivity contribution is -0.141. The molecule has 0 bridgehead atoms. The Hall–Kier alpha value is -1.63. The molecule has 0 aromatic carbocycles. The number of rotatable bonds is 8. The summed E-state index contributed by atoms with van der Waals surface area (Å²) in [5.74, 6) is -0.736. The third kappa shape index (κ3) is 5.19. The van der Waals surface area contributed by atoms with Crippen molar-refractivity contribution in [3.8, 4) is 0 Å². The van der Waals surface area contributed by atoms with Crippen LogP contribution in [0.2, 0.25) is 0 Å². The molecular weight excluding hydrogens is 334 g/mol. The molecule has 2 aliphatic rings. The Morgan fingerprint density at radius 3 is 2.54 bits per heavy atom. The fourth-order valence-electron chi connectivity index (χ4n) is 3.87. The number of nitrogens with zero attached hydrogens (tertiary/aromatic N) is 2. The molecule has 1 aliphatic heterocycles. The largest absolute Gasteiger partial charge is 0.480 e. The Morgan fingerprint density at radius 2 is 1.96 bits per heavy atom. The maximum Gasteiger partial charge on any atom is 0.317 e.